The molecule has 0 fully saturated rings. The number of hydrogen-bond acceptors (Lipinski definition) is 2. The molecule has 1 aromatic rings. The molecular weight excluding hydrogens is 226 g/mol. The Balaban J connectivity index is 2.64. The summed E-state index contributed by atoms with van der Waals surface area (Å²) in [5.41, 5.74) is 2.44. The molecular formula is C15H21NO2. The van der Waals surface area contributed by atoms with Crippen LogP contribution >= 0.6 is 0 Å². The lowest BCUT2D eigenvalue weighted by molar-refractivity contribution is -0.131. The molecule has 3 nitrogen and oxygen atoms in total. The highest BCUT2D eigenvalue weighted by molar-refractivity contribution is 5.79. The van der Waals surface area contributed by atoms with E-state index in [-0.39, 0.29) is 0 Å². The summed E-state index contributed by atoms with van der Waals surface area (Å²) in [6, 6.07) is 8.44. The van der Waals surface area contributed by atoms with E-state index >= 15 is 0 Å². The molecule has 0 saturated carbocycles. The average Bonchev–Trinajstić information content (AvgIpc) is 2.37. The van der Waals surface area contributed by atoms with E-state index < -0.39 is 5.97 Å². The monoisotopic (exact) mass is 247 g/mol. The van der Waals surface area contributed by atoms with Gasteiger partial charge in [-0.25, -0.2) is 4.79 Å². The summed E-state index contributed by atoms with van der Waals surface area (Å²) in [5, 5.41) is 8.52. The summed E-state index contributed by atoms with van der Waals surface area (Å²) in [4.78, 5) is 12.4. The number of benzene rings is 1. The van der Waals surface area contributed by atoms with Gasteiger partial charge in [0.05, 0.1) is 0 Å². The first-order valence-corrected chi connectivity index (χ1v) is 6.25. The number of carboxylic acid groups (broad SMARTS) is 1. The molecule has 0 radical (unpaired) electrons. The minimum Gasteiger partial charge on any atom is -0.478 e. The number of nitrogens with zero attached hydrogens (tertiary/aromatic N) is 1. The van der Waals surface area contributed by atoms with Crippen molar-refractivity contribution < 1.29 is 9.90 Å². The number of aliphatic carboxylic acids is 1. The summed E-state index contributed by atoms with van der Waals surface area (Å²) in [6.45, 7) is 4.99. The number of carboxylic acids is 1. The Labute approximate surface area is 109 Å². The fourth-order valence-electron chi connectivity index (χ4n) is 1.71. The maximum atomic E-state index is 10.4. The second-order valence-electron chi connectivity index (χ2n) is 4.52. The fraction of sp³-hybridized carbons (Fsp3) is 0.400. The van der Waals surface area contributed by atoms with E-state index in [4.69, 9.17) is 5.11 Å². The molecule has 18 heavy (non-hydrogen) atoms. The first-order valence-electron chi connectivity index (χ1n) is 6.25. The van der Waals surface area contributed by atoms with Crippen molar-refractivity contribution in [3.05, 3.63) is 42.0 Å². The zero-order valence-electron chi connectivity index (χ0n) is 11.3. The Hall–Kier alpha value is -1.77. The molecule has 3 heteroatoms. The largest absolute Gasteiger partial charge is 0.478 e. The Morgan fingerprint density at radius 2 is 2.00 bits per heavy atom. The van der Waals surface area contributed by atoms with Gasteiger partial charge >= 0.3 is 5.97 Å². The Kier molecular flexibility index (Phi) is 5.43. The van der Waals surface area contributed by atoms with Crippen LogP contribution in [0.5, 0.6) is 0 Å². The number of anilines is 1. The van der Waals surface area contributed by atoms with Crippen molar-refractivity contribution in [2.75, 3.05) is 18.5 Å². The molecule has 0 saturated heterocycles. The van der Waals surface area contributed by atoms with E-state index in [1.807, 2.05) is 11.9 Å². The van der Waals surface area contributed by atoms with E-state index in [0.29, 0.717) is 12.5 Å². The minimum absolute atomic E-state index is 0.580. The van der Waals surface area contributed by atoms with Gasteiger partial charge in [-0.1, -0.05) is 32.1 Å². The number of rotatable bonds is 6. The highest BCUT2D eigenvalue weighted by Crippen LogP contribution is 2.21. The molecule has 0 aliphatic rings. The summed E-state index contributed by atoms with van der Waals surface area (Å²) in [7, 11) is 1.95. The van der Waals surface area contributed by atoms with Gasteiger partial charge in [0.15, 0.2) is 0 Å². The van der Waals surface area contributed by atoms with Gasteiger partial charge in [0, 0.05) is 25.4 Å². The standard InChI is InChI=1S/C15H21NO2/c1-4-12(2)13-7-9-14(10-8-13)16(3)11-5-6-15(17)18/h5-10,12H,4,11H2,1-3H3,(H,17,18)/b6-5+. The molecule has 0 heterocycles. The third-order valence-electron chi connectivity index (χ3n) is 3.15. The van der Waals surface area contributed by atoms with Crippen LogP contribution < -0.4 is 4.90 Å². The van der Waals surface area contributed by atoms with E-state index in [1.165, 1.54) is 11.6 Å². The van der Waals surface area contributed by atoms with Gasteiger partial charge in [0.1, 0.15) is 0 Å². The third-order valence-corrected chi connectivity index (χ3v) is 3.15. The van der Waals surface area contributed by atoms with Crippen LogP contribution in [0.4, 0.5) is 5.69 Å². The van der Waals surface area contributed by atoms with Crippen molar-refractivity contribution in [3.8, 4) is 0 Å². The Morgan fingerprint density at radius 3 is 2.50 bits per heavy atom. The van der Waals surface area contributed by atoms with Gasteiger partial charge in [-0.2, -0.15) is 0 Å². The van der Waals surface area contributed by atoms with Crippen molar-refractivity contribution in [2.45, 2.75) is 26.2 Å². The normalized spacial score (nSPS) is 12.6. The maximum Gasteiger partial charge on any atom is 0.328 e. The maximum absolute atomic E-state index is 10.4. The molecule has 0 aliphatic heterocycles. The second kappa shape index (κ2) is 6.84. The van der Waals surface area contributed by atoms with Crippen molar-refractivity contribution in [1.29, 1.82) is 0 Å². The smallest absolute Gasteiger partial charge is 0.328 e. The molecule has 1 N–H and O–H groups in total. The van der Waals surface area contributed by atoms with Crippen LogP contribution in [0, 0.1) is 0 Å². The van der Waals surface area contributed by atoms with Crippen LogP contribution in [-0.2, 0) is 4.79 Å². The number of hydrogen-bond donors (Lipinski definition) is 1. The van der Waals surface area contributed by atoms with E-state index in [1.54, 1.807) is 6.08 Å². The molecule has 0 aliphatic carbocycles. The van der Waals surface area contributed by atoms with Crippen molar-refractivity contribution in [2.24, 2.45) is 0 Å². The van der Waals surface area contributed by atoms with E-state index in [0.717, 1.165) is 12.1 Å². The molecule has 1 rings (SSSR count). The van der Waals surface area contributed by atoms with Crippen LogP contribution in [-0.4, -0.2) is 24.7 Å². The van der Waals surface area contributed by atoms with Crippen molar-refractivity contribution in [1.82, 2.24) is 0 Å². The van der Waals surface area contributed by atoms with Crippen LogP contribution in [0.2, 0.25) is 0 Å². The quantitative estimate of drug-likeness (QED) is 0.784. The zero-order chi connectivity index (χ0) is 13.5. The lowest BCUT2D eigenvalue weighted by Crippen LogP contribution is -2.16. The van der Waals surface area contributed by atoms with Crippen molar-refractivity contribution >= 4 is 11.7 Å². The predicted molar refractivity (Wildman–Crippen MR) is 75.2 cm³/mol. The molecule has 0 aromatic heterocycles. The minimum atomic E-state index is -0.907. The third kappa shape index (κ3) is 4.24. The highest BCUT2D eigenvalue weighted by Gasteiger charge is 2.04. The number of likely N-dealkylation sites (N-methyl/N-ethyl adjacent to an activating group) is 1. The molecule has 0 bridgehead atoms. The first-order chi connectivity index (χ1) is 8.54. The predicted octanol–water partition coefficient (Wildman–Crippen LogP) is 3.28. The van der Waals surface area contributed by atoms with Crippen LogP contribution in [0.15, 0.2) is 36.4 Å². The number of carbonyl (C=O) groups is 1. The lowest BCUT2D eigenvalue weighted by Gasteiger charge is -2.18. The highest BCUT2D eigenvalue weighted by atomic mass is 16.4. The summed E-state index contributed by atoms with van der Waals surface area (Å²) in [5.74, 6) is -0.327. The topological polar surface area (TPSA) is 40.5 Å². The average molecular weight is 247 g/mol. The summed E-state index contributed by atoms with van der Waals surface area (Å²) < 4.78 is 0. The first kappa shape index (κ1) is 14.3. The van der Waals surface area contributed by atoms with E-state index in [2.05, 4.69) is 38.1 Å². The van der Waals surface area contributed by atoms with Gasteiger partial charge in [0.25, 0.3) is 0 Å². The molecule has 1 unspecified atom stereocenters. The Morgan fingerprint density at radius 1 is 1.39 bits per heavy atom. The molecule has 1 aromatic carbocycles. The zero-order valence-corrected chi connectivity index (χ0v) is 11.3. The van der Waals surface area contributed by atoms with Crippen molar-refractivity contribution in [3.63, 3.8) is 0 Å². The SMILES string of the molecule is CCC(C)c1ccc(N(C)C/C=C/C(=O)O)cc1. The molecule has 1 atom stereocenters. The van der Waals surface area contributed by atoms with Crippen LogP contribution in [0.25, 0.3) is 0 Å². The van der Waals surface area contributed by atoms with Gasteiger partial charge < -0.3 is 10.0 Å². The fourth-order valence-corrected chi connectivity index (χ4v) is 1.71. The van der Waals surface area contributed by atoms with Gasteiger partial charge in [-0.3, -0.25) is 0 Å². The molecule has 98 valence electrons. The van der Waals surface area contributed by atoms with Gasteiger partial charge in [-0.15, -0.1) is 0 Å². The van der Waals surface area contributed by atoms with Gasteiger partial charge in [-0.05, 0) is 30.0 Å². The lowest BCUT2D eigenvalue weighted by atomic mass is 9.98. The van der Waals surface area contributed by atoms with Crippen LogP contribution in [0.1, 0.15) is 31.7 Å². The summed E-state index contributed by atoms with van der Waals surface area (Å²) in [6.07, 6.45) is 3.95. The molecule has 0 spiro atoms. The summed E-state index contributed by atoms with van der Waals surface area (Å²) >= 11 is 0. The Bertz CT molecular complexity index is 409. The van der Waals surface area contributed by atoms with Crippen LogP contribution in [0.3, 0.4) is 0 Å². The van der Waals surface area contributed by atoms with Gasteiger partial charge in [0.2, 0.25) is 0 Å². The molecule has 0 amide bonds. The second-order valence-corrected chi connectivity index (χ2v) is 4.52. The van der Waals surface area contributed by atoms with E-state index in [9.17, 15) is 4.79 Å².